The lowest BCUT2D eigenvalue weighted by molar-refractivity contribution is 0.0908. The highest BCUT2D eigenvalue weighted by atomic mass is 16.5. The quantitative estimate of drug-likeness (QED) is 0.828. The van der Waals surface area contributed by atoms with Gasteiger partial charge in [0.05, 0.1) is 19.3 Å². The van der Waals surface area contributed by atoms with Gasteiger partial charge in [0, 0.05) is 6.54 Å². The number of nitrogen functional groups attached to an aromatic ring is 1. The summed E-state index contributed by atoms with van der Waals surface area (Å²) >= 11 is 0. The van der Waals surface area contributed by atoms with Crippen molar-refractivity contribution in [2.45, 2.75) is 25.8 Å². The topological polar surface area (TPSA) is 64.3 Å². The Morgan fingerprint density at radius 3 is 3.06 bits per heavy atom. The minimum absolute atomic E-state index is 0.414. The third kappa shape index (κ3) is 2.41. The Labute approximate surface area is 95.6 Å². The van der Waals surface area contributed by atoms with Crippen molar-refractivity contribution < 1.29 is 4.74 Å². The summed E-state index contributed by atoms with van der Waals surface area (Å²) < 4.78 is 5.50. The molecule has 0 saturated carbocycles. The third-order valence-corrected chi connectivity index (χ3v) is 2.81. The van der Waals surface area contributed by atoms with Gasteiger partial charge in [-0.15, -0.1) is 10.2 Å². The van der Waals surface area contributed by atoms with E-state index in [2.05, 4.69) is 22.0 Å². The van der Waals surface area contributed by atoms with Crippen molar-refractivity contribution in [1.82, 2.24) is 10.2 Å². The first-order chi connectivity index (χ1) is 7.81. The van der Waals surface area contributed by atoms with Crippen LogP contribution in [-0.2, 0) is 4.74 Å². The molecule has 2 N–H and O–H groups in total. The molecule has 2 heterocycles. The van der Waals surface area contributed by atoms with Crippen molar-refractivity contribution in [3.8, 4) is 0 Å². The van der Waals surface area contributed by atoms with Crippen molar-refractivity contribution in [2.75, 3.05) is 30.4 Å². The second kappa shape index (κ2) is 5.12. The number of hydrogen-bond acceptors (Lipinski definition) is 5. The van der Waals surface area contributed by atoms with Crippen LogP contribution in [0.15, 0.2) is 12.1 Å². The van der Waals surface area contributed by atoms with Crippen LogP contribution in [0.5, 0.6) is 0 Å². The molecule has 5 heteroatoms. The summed E-state index contributed by atoms with van der Waals surface area (Å²) in [5.74, 6) is 1.36. The molecule has 1 aromatic heterocycles. The highest BCUT2D eigenvalue weighted by Crippen LogP contribution is 2.19. The lowest BCUT2D eigenvalue weighted by atomic mass is 10.1. The summed E-state index contributed by atoms with van der Waals surface area (Å²) in [7, 11) is 0. The highest BCUT2D eigenvalue weighted by molar-refractivity contribution is 5.42. The number of hydrogen-bond donors (Lipinski definition) is 1. The molecule has 1 aromatic rings. The molecule has 1 unspecified atom stereocenters. The molecule has 0 amide bonds. The Morgan fingerprint density at radius 2 is 2.38 bits per heavy atom. The van der Waals surface area contributed by atoms with Crippen LogP contribution in [0.2, 0.25) is 0 Å². The molecule has 1 saturated heterocycles. The summed E-state index contributed by atoms with van der Waals surface area (Å²) in [4.78, 5) is 2.26. The van der Waals surface area contributed by atoms with E-state index in [0.717, 1.165) is 38.4 Å². The zero-order chi connectivity index (χ0) is 11.4. The molecule has 1 aliphatic heterocycles. The van der Waals surface area contributed by atoms with E-state index in [1.165, 1.54) is 0 Å². The Balaban J connectivity index is 2.13. The fourth-order valence-electron chi connectivity index (χ4n) is 2.02. The van der Waals surface area contributed by atoms with Crippen LogP contribution in [0.4, 0.5) is 11.6 Å². The summed E-state index contributed by atoms with van der Waals surface area (Å²) in [5, 5.41) is 8.02. The average Bonchev–Trinajstić information content (AvgIpc) is 2.32. The largest absolute Gasteiger partial charge is 0.382 e. The Morgan fingerprint density at radius 1 is 1.50 bits per heavy atom. The lowest BCUT2D eigenvalue weighted by Crippen LogP contribution is -2.46. The van der Waals surface area contributed by atoms with Crippen LogP contribution >= 0.6 is 0 Å². The van der Waals surface area contributed by atoms with Gasteiger partial charge in [-0.3, -0.25) is 0 Å². The zero-order valence-electron chi connectivity index (χ0n) is 9.59. The van der Waals surface area contributed by atoms with E-state index in [1.807, 2.05) is 6.07 Å². The van der Waals surface area contributed by atoms with Gasteiger partial charge in [-0.05, 0) is 18.6 Å². The summed E-state index contributed by atoms with van der Waals surface area (Å²) in [6, 6.07) is 4.13. The summed E-state index contributed by atoms with van der Waals surface area (Å²) in [5.41, 5.74) is 5.53. The number of rotatable bonds is 3. The van der Waals surface area contributed by atoms with Crippen LogP contribution in [-0.4, -0.2) is 36.0 Å². The maximum absolute atomic E-state index is 5.53. The molecule has 0 radical (unpaired) electrons. The molecule has 2 rings (SSSR count). The molecule has 1 aliphatic rings. The van der Waals surface area contributed by atoms with Crippen LogP contribution in [0.1, 0.15) is 19.8 Å². The normalized spacial score (nSPS) is 21.1. The van der Waals surface area contributed by atoms with Crippen molar-refractivity contribution in [1.29, 1.82) is 0 Å². The van der Waals surface area contributed by atoms with Gasteiger partial charge in [-0.1, -0.05) is 13.3 Å². The van der Waals surface area contributed by atoms with Gasteiger partial charge in [0.1, 0.15) is 5.82 Å². The van der Waals surface area contributed by atoms with E-state index in [-0.39, 0.29) is 0 Å². The minimum Gasteiger partial charge on any atom is -0.382 e. The van der Waals surface area contributed by atoms with Gasteiger partial charge < -0.3 is 15.4 Å². The van der Waals surface area contributed by atoms with E-state index in [9.17, 15) is 0 Å². The van der Waals surface area contributed by atoms with Crippen molar-refractivity contribution in [3.63, 3.8) is 0 Å². The smallest absolute Gasteiger partial charge is 0.151 e. The molecular weight excluding hydrogens is 204 g/mol. The molecule has 0 aromatic carbocycles. The average molecular weight is 222 g/mol. The van der Waals surface area contributed by atoms with E-state index in [1.54, 1.807) is 6.07 Å². The Bertz CT molecular complexity index is 325. The minimum atomic E-state index is 0.414. The number of anilines is 2. The molecule has 0 spiro atoms. The number of nitrogens with zero attached hydrogens (tertiary/aromatic N) is 3. The van der Waals surface area contributed by atoms with Gasteiger partial charge >= 0.3 is 0 Å². The molecular formula is C11H18N4O. The summed E-state index contributed by atoms with van der Waals surface area (Å²) in [6.45, 7) is 4.59. The van der Waals surface area contributed by atoms with Crippen molar-refractivity contribution in [2.24, 2.45) is 0 Å². The SMILES string of the molecule is CCCC1COCCN1c1ccc(N)nn1. The van der Waals surface area contributed by atoms with Gasteiger partial charge in [0.15, 0.2) is 5.82 Å². The standard InChI is InChI=1S/C11H18N4O/c1-2-3-9-8-16-7-6-15(9)11-5-4-10(12)13-14-11/h4-5,9H,2-3,6-8H2,1H3,(H2,12,13). The third-order valence-electron chi connectivity index (χ3n) is 2.81. The Hall–Kier alpha value is -1.36. The Kier molecular flexibility index (Phi) is 3.56. The van der Waals surface area contributed by atoms with Gasteiger partial charge in [-0.25, -0.2) is 0 Å². The second-order valence-electron chi connectivity index (χ2n) is 4.03. The van der Waals surface area contributed by atoms with Crippen LogP contribution in [0.3, 0.4) is 0 Å². The van der Waals surface area contributed by atoms with Crippen LogP contribution < -0.4 is 10.6 Å². The monoisotopic (exact) mass is 222 g/mol. The fourth-order valence-corrected chi connectivity index (χ4v) is 2.02. The molecule has 5 nitrogen and oxygen atoms in total. The number of aromatic nitrogens is 2. The zero-order valence-corrected chi connectivity index (χ0v) is 9.59. The summed E-state index contributed by atoms with van der Waals surface area (Å²) in [6.07, 6.45) is 2.26. The predicted molar refractivity (Wildman–Crippen MR) is 63.3 cm³/mol. The number of nitrogens with two attached hydrogens (primary N) is 1. The van der Waals surface area contributed by atoms with Gasteiger partial charge in [0.2, 0.25) is 0 Å². The van der Waals surface area contributed by atoms with E-state index >= 15 is 0 Å². The number of ether oxygens (including phenoxy) is 1. The first kappa shape index (κ1) is 11.1. The fraction of sp³-hybridized carbons (Fsp3) is 0.636. The second-order valence-corrected chi connectivity index (χ2v) is 4.03. The highest BCUT2D eigenvalue weighted by Gasteiger charge is 2.23. The molecule has 16 heavy (non-hydrogen) atoms. The van der Waals surface area contributed by atoms with E-state index in [4.69, 9.17) is 10.5 Å². The number of morpholine rings is 1. The van der Waals surface area contributed by atoms with E-state index in [0.29, 0.717) is 11.9 Å². The van der Waals surface area contributed by atoms with E-state index < -0.39 is 0 Å². The molecule has 1 fully saturated rings. The van der Waals surface area contributed by atoms with Crippen LogP contribution in [0.25, 0.3) is 0 Å². The maximum Gasteiger partial charge on any atom is 0.151 e. The predicted octanol–water partition coefficient (Wildman–Crippen LogP) is 1.06. The lowest BCUT2D eigenvalue weighted by Gasteiger charge is -2.36. The van der Waals surface area contributed by atoms with Crippen molar-refractivity contribution in [3.05, 3.63) is 12.1 Å². The van der Waals surface area contributed by atoms with Gasteiger partial charge in [-0.2, -0.15) is 0 Å². The molecule has 0 bridgehead atoms. The maximum atomic E-state index is 5.53. The van der Waals surface area contributed by atoms with Crippen LogP contribution in [0, 0.1) is 0 Å². The van der Waals surface area contributed by atoms with Crippen molar-refractivity contribution >= 4 is 11.6 Å². The first-order valence-electron chi connectivity index (χ1n) is 5.75. The molecule has 0 aliphatic carbocycles. The first-order valence-corrected chi connectivity index (χ1v) is 5.75. The molecule has 1 atom stereocenters. The van der Waals surface area contributed by atoms with Gasteiger partial charge in [0.25, 0.3) is 0 Å². The molecule has 88 valence electrons.